The topological polar surface area (TPSA) is 114 Å². The number of phenolic OH excluding ortho intramolecular Hbond substituents is 1. The highest BCUT2D eigenvalue weighted by molar-refractivity contribution is 8.15. The van der Waals surface area contributed by atoms with Crippen LogP contribution in [0.25, 0.3) is 0 Å². The second-order valence-corrected chi connectivity index (χ2v) is 6.92. The van der Waals surface area contributed by atoms with Gasteiger partial charge in [-0.25, -0.2) is 0 Å². The first-order valence-electron chi connectivity index (χ1n) is 8.18. The normalized spacial score (nSPS) is 16.2. The third kappa shape index (κ3) is 4.89. The third-order valence-corrected chi connectivity index (χ3v) is 4.72. The van der Waals surface area contributed by atoms with Gasteiger partial charge in [-0.3, -0.25) is 24.7 Å². The first kappa shape index (κ1) is 19.4. The highest BCUT2D eigenvalue weighted by Crippen LogP contribution is 2.29. The molecule has 1 aliphatic heterocycles. The first-order chi connectivity index (χ1) is 13.4. The van der Waals surface area contributed by atoms with Crippen molar-refractivity contribution in [2.24, 2.45) is 4.99 Å². The Morgan fingerprint density at radius 1 is 1.21 bits per heavy atom. The summed E-state index contributed by atoms with van der Waals surface area (Å²) in [4.78, 5) is 39.1. The van der Waals surface area contributed by atoms with Crippen LogP contribution in [0.1, 0.15) is 12.0 Å². The van der Waals surface area contributed by atoms with Crippen LogP contribution in [0.3, 0.4) is 0 Å². The van der Waals surface area contributed by atoms with E-state index in [1.807, 2.05) is 0 Å². The number of hydrogen-bond donors (Lipinski definition) is 2. The van der Waals surface area contributed by atoms with Crippen LogP contribution in [0.5, 0.6) is 17.2 Å². The minimum absolute atomic E-state index is 0.157. The van der Waals surface area contributed by atoms with E-state index in [2.05, 4.69) is 10.3 Å². The number of ether oxygens (including phenoxy) is 2. The van der Waals surface area contributed by atoms with Crippen molar-refractivity contribution in [2.45, 2.75) is 11.7 Å². The molecule has 2 aromatic rings. The molecule has 1 fully saturated rings. The molecule has 8 nitrogen and oxygen atoms in total. The van der Waals surface area contributed by atoms with Crippen LogP contribution < -0.4 is 14.8 Å². The number of phenols is 1. The minimum atomic E-state index is -0.789. The van der Waals surface area contributed by atoms with Crippen LogP contribution in [-0.2, 0) is 9.59 Å². The highest BCUT2D eigenvalue weighted by atomic mass is 32.2. The number of esters is 1. The quantitative estimate of drug-likeness (QED) is 0.435. The minimum Gasteiger partial charge on any atom is -0.508 e. The number of aliphatic imine (C=N–C) groups is 1. The number of rotatable bonds is 6. The standard InChI is InChI=1S/C19H16N2O6S/c1-26-15-8-11(10-20-12-3-5-13(22)6-4-12)2-7-14(15)27-17(23)9-16-18(24)21-19(25)28-16/h2-8,10,16,22H,9H2,1H3,(H,21,24,25)/t16-/m1/s1. The van der Waals surface area contributed by atoms with Crippen molar-refractivity contribution in [3.63, 3.8) is 0 Å². The van der Waals surface area contributed by atoms with E-state index in [9.17, 15) is 19.5 Å². The summed E-state index contributed by atoms with van der Waals surface area (Å²) in [6.45, 7) is 0. The Morgan fingerprint density at radius 2 is 1.96 bits per heavy atom. The molecule has 0 aromatic heterocycles. The van der Waals surface area contributed by atoms with Crippen molar-refractivity contribution in [1.82, 2.24) is 5.32 Å². The molecule has 0 aliphatic carbocycles. The molecular weight excluding hydrogens is 384 g/mol. The van der Waals surface area contributed by atoms with Crippen molar-refractivity contribution < 1.29 is 29.0 Å². The summed E-state index contributed by atoms with van der Waals surface area (Å²) in [7, 11) is 1.44. The zero-order chi connectivity index (χ0) is 20.1. The van der Waals surface area contributed by atoms with Gasteiger partial charge in [0.15, 0.2) is 11.5 Å². The fourth-order valence-electron chi connectivity index (χ4n) is 2.38. The molecule has 1 aliphatic rings. The maximum absolute atomic E-state index is 12.1. The first-order valence-corrected chi connectivity index (χ1v) is 9.06. The summed E-state index contributed by atoms with van der Waals surface area (Å²) in [5.41, 5.74) is 1.37. The number of thioether (sulfide) groups is 1. The summed E-state index contributed by atoms with van der Waals surface area (Å²) in [6.07, 6.45) is 1.38. The second-order valence-electron chi connectivity index (χ2n) is 5.75. The average molecular weight is 400 g/mol. The Morgan fingerprint density at radius 3 is 2.61 bits per heavy atom. The van der Waals surface area contributed by atoms with E-state index < -0.39 is 22.4 Å². The summed E-state index contributed by atoms with van der Waals surface area (Å²) >= 11 is 0.766. The van der Waals surface area contributed by atoms with E-state index in [0.717, 1.165) is 11.8 Å². The van der Waals surface area contributed by atoms with Crippen molar-refractivity contribution in [3.05, 3.63) is 48.0 Å². The highest BCUT2D eigenvalue weighted by Gasteiger charge is 2.34. The Kier molecular flexibility index (Phi) is 5.95. The molecule has 2 N–H and O–H groups in total. The van der Waals surface area contributed by atoms with Gasteiger partial charge in [0, 0.05) is 6.21 Å². The molecule has 28 heavy (non-hydrogen) atoms. The summed E-state index contributed by atoms with van der Waals surface area (Å²) in [6, 6.07) is 11.3. The van der Waals surface area contributed by atoms with Gasteiger partial charge >= 0.3 is 5.97 Å². The molecule has 0 saturated carbocycles. The van der Waals surface area contributed by atoms with Gasteiger partial charge in [-0.15, -0.1) is 0 Å². The molecule has 3 rings (SSSR count). The smallest absolute Gasteiger partial charge is 0.312 e. The molecule has 1 atom stereocenters. The zero-order valence-electron chi connectivity index (χ0n) is 14.7. The largest absolute Gasteiger partial charge is 0.508 e. The number of carbonyl (C=O) groups is 3. The van der Waals surface area contributed by atoms with E-state index in [4.69, 9.17) is 9.47 Å². The molecule has 0 spiro atoms. The van der Waals surface area contributed by atoms with E-state index in [-0.39, 0.29) is 17.9 Å². The molecule has 144 valence electrons. The molecule has 1 saturated heterocycles. The third-order valence-electron chi connectivity index (χ3n) is 3.74. The van der Waals surface area contributed by atoms with Gasteiger partial charge in [0.1, 0.15) is 11.0 Å². The monoisotopic (exact) mass is 400 g/mol. The Hall–Kier alpha value is -3.33. The zero-order valence-corrected chi connectivity index (χ0v) is 15.6. The number of nitrogens with zero attached hydrogens (tertiary/aromatic N) is 1. The van der Waals surface area contributed by atoms with Gasteiger partial charge in [-0.2, -0.15) is 0 Å². The molecule has 1 heterocycles. The van der Waals surface area contributed by atoms with Gasteiger partial charge in [-0.1, -0.05) is 11.8 Å². The van der Waals surface area contributed by atoms with Gasteiger partial charge in [0.05, 0.1) is 19.2 Å². The summed E-state index contributed by atoms with van der Waals surface area (Å²) < 4.78 is 10.5. The lowest BCUT2D eigenvalue weighted by Gasteiger charge is -2.10. The Balaban J connectivity index is 1.67. The number of aromatic hydroxyl groups is 1. The van der Waals surface area contributed by atoms with E-state index in [1.54, 1.807) is 36.5 Å². The van der Waals surface area contributed by atoms with Crippen molar-refractivity contribution >= 4 is 40.8 Å². The number of benzene rings is 2. The fourth-order valence-corrected chi connectivity index (χ4v) is 3.18. The van der Waals surface area contributed by atoms with Crippen molar-refractivity contribution in [1.29, 1.82) is 0 Å². The maximum Gasteiger partial charge on any atom is 0.312 e. The van der Waals surface area contributed by atoms with E-state index in [1.165, 1.54) is 19.2 Å². The lowest BCUT2D eigenvalue weighted by molar-refractivity contribution is -0.136. The Bertz CT molecular complexity index is 942. The Labute approximate surface area is 164 Å². The van der Waals surface area contributed by atoms with Crippen molar-refractivity contribution in [2.75, 3.05) is 7.11 Å². The SMILES string of the molecule is COc1cc(C=Nc2ccc(O)cc2)ccc1OC(=O)C[C@H]1SC(=O)NC1=O. The lowest BCUT2D eigenvalue weighted by Crippen LogP contribution is -2.27. The van der Waals surface area contributed by atoms with Gasteiger partial charge in [0.2, 0.25) is 5.91 Å². The molecule has 0 radical (unpaired) electrons. The van der Waals surface area contributed by atoms with Gasteiger partial charge in [0.25, 0.3) is 5.24 Å². The molecule has 0 unspecified atom stereocenters. The van der Waals surface area contributed by atoms with E-state index in [0.29, 0.717) is 17.0 Å². The van der Waals surface area contributed by atoms with Gasteiger partial charge < -0.3 is 14.6 Å². The number of carbonyl (C=O) groups excluding carboxylic acids is 3. The van der Waals surface area contributed by atoms with E-state index >= 15 is 0 Å². The predicted octanol–water partition coefficient (Wildman–Crippen LogP) is 2.80. The lowest BCUT2D eigenvalue weighted by atomic mass is 10.2. The second kappa shape index (κ2) is 8.57. The molecule has 2 aromatic carbocycles. The number of methoxy groups -OCH3 is 1. The average Bonchev–Trinajstić information content (AvgIpc) is 2.98. The fraction of sp³-hybridized carbons (Fsp3) is 0.158. The summed E-state index contributed by atoms with van der Waals surface area (Å²) in [5, 5.41) is 10.1. The maximum atomic E-state index is 12.1. The summed E-state index contributed by atoms with van der Waals surface area (Å²) in [5.74, 6) is -0.470. The molecular formula is C19H16N2O6S. The van der Waals surface area contributed by atoms with Crippen LogP contribution >= 0.6 is 11.8 Å². The predicted molar refractivity (Wildman–Crippen MR) is 104 cm³/mol. The van der Waals surface area contributed by atoms with Crippen LogP contribution in [0, 0.1) is 0 Å². The van der Waals surface area contributed by atoms with Crippen LogP contribution in [0.4, 0.5) is 10.5 Å². The molecule has 2 amide bonds. The number of imide groups is 1. The number of amides is 2. The van der Waals surface area contributed by atoms with Crippen LogP contribution in [0.2, 0.25) is 0 Å². The number of nitrogens with one attached hydrogen (secondary N) is 1. The number of hydrogen-bond acceptors (Lipinski definition) is 8. The van der Waals surface area contributed by atoms with Crippen LogP contribution in [-0.4, -0.2) is 40.8 Å². The molecule has 0 bridgehead atoms. The van der Waals surface area contributed by atoms with Crippen LogP contribution in [0.15, 0.2) is 47.5 Å². The van der Waals surface area contributed by atoms with Gasteiger partial charge in [-0.05, 0) is 48.0 Å². The molecule has 9 heteroatoms. The van der Waals surface area contributed by atoms with Crippen molar-refractivity contribution in [3.8, 4) is 17.2 Å².